The van der Waals surface area contributed by atoms with Gasteiger partial charge in [-0.3, -0.25) is 53.3 Å². The van der Waals surface area contributed by atoms with Crippen LogP contribution in [0.1, 0.15) is 269 Å². The van der Waals surface area contributed by atoms with Crippen molar-refractivity contribution in [2.24, 2.45) is 76.7 Å². The second kappa shape index (κ2) is 90.7. The largest absolute Gasteiger partial charge is 0.480 e. The van der Waals surface area contributed by atoms with E-state index in [0.717, 1.165) is 58.9 Å². The molecular formula is C92H201N17O23. The number of nitrogens with two attached hydrogens (primary N) is 1. The molecule has 0 fully saturated rings. The molecule has 1 aromatic heterocycles. The van der Waals surface area contributed by atoms with Crippen LogP contribution in [0.5, 0.6) is 0 Å². The number of primary amides is 1. The Labute approximate surface area is 796 Å². The number of aliphatic hydroxyl groups excluding tert-OH is 5. The third kappa shape index (κ3) is 107. The minimum Gasteiger partial charge on any atom is -0.480 e. The van der Waals surface area contributed by atoms with Gasteiger partial charge in [-0.05, 0) is 225 Å². The number of aromatic amines is 1. The molecule has 0 aliphatic rings. The summed E-state index contributed by atoms with van der Waals surface area (Å²) in [7, 11) is 2.80. The van der Waals surface area contributed by atoms with Crippen molar-refractivity contribution >= 4 is 59.4 Å². The van der Waals surface area contributed by atoms with E-state index < -0.39 is 83.3 Å². The zero-order valence-electron chi connectivity index (χ0n) is 88.8. The minimum absolute atomic E-state index is 0. The van der Waals surface area contributed by atoms with Gasteiger partial charge in [-0.15, -0.1) is 10.2 Å². The van der Waals surface area contributed by atoms with E-state index in [2.05, 4.69) is 191 Å². The first-order valence-corrected chi connectivity index (χ1v) is 46.6. The summed E-state index contributed by atoms with van der Waals surface area (Å²) in [5, 5.41) is 145. The number of aromatic nitrogens is 4. The molecule has 40 nitrogen and oxygen atoms in total. The number of carboxylic acid groups (broad SMARTS) is 6. The maximum absolute atomic E-state index is 11.5. The van der Waals surface area contributed by atoms with Crippen LogP contribution in [0.15, 0.2) is 0 Å². The summed E-state index contributed by atoms with van der Waals surface area (Å²) in [6.07, 6.45) is 0.0227. The van der Waals surface area contributed by atoms with Crippen LogP contribution in [0.25, 0.3) is 0 Å². The first-order chi connectivity index (χ1) is 60.5. The number of hydrogen-bond acceptors (Lipinski definition) is 32. The Hall–Kier alpha value is -6.71. The third-order valence-electron chi connectivity index (χ3n) is 17.0. The van der Waals surface area contributed by atoms with Gasteiger partial charge in [-0.1, -0.05) is 185 Å². The predicted octanol–water partition coefficient (Wildman–Crippen LogP) is 6.17. The number of rotatable bonds is 54. The number of H-pyrrole nitrogens is 1. The highest BCUT2D eigenvalue weighted by molar-refractivity contribution is 5.88. The fourth-order valence-electron chi connectivity index (χ4n) is 8.11. The van der Waals surface area contributed by atoms with Gasteiger partial charge in [-0.2, -0.15) is 5.21 Å². The van der Waals surface area contributed by atoms with E-state index >= 15 is 0 Å². The lowest BCUT2D eigenvalue weighted by Gasteiger charge is -2.27. The molecule has 11 atom stereocenters. The molecule has 0 saturated carbocycles. The highest BCUT2D eigenvalue weighted by Crippen LogP contribution is 2.09. The number of ketones is 1. The second-order valence-electron chi connectivity index (χ2n) is 38.3. The SMILES string of the molecule is CC(C)CNC(C)(C)C(=O)O.CC(C)CNC[C@@H](C)O.CC(C)CNCc1nn[nH]n1.CC(C)CN[C@@H](C)C(=O)O.CC(C)CN[C@@H](CO)C(=O)O.CC(C)CN[C@@](C)(CO)C(=O)O.CC(C)CN[C@H](C(=O)O)C(C)O.CC(C)CN[C@H](C)C(N)=O.CCC(=O)[C@](C)(CO)NCC(C)C.CC[C@@H](NCC(C)C)C(=O)O.COC(=O)[C@@H](C)NCC(C)C.COC(=O)[C@H](C)NCC(C)C.[HH]. The molecule has 26 N–H and O–H groups in total. The van der Waals surface area contributed by atoms with Gasteiger partial charge in [0.05, 0.1) is 64.4 Å². The first-order valence-electron chi connectivity index (χ1n) is 46.6. The van der Waals surface area contributed by atoms with Gasteiger partial charge in [0.15, 0.2) is 11.6 Å². The number of tetrazole rings is 1. The van der Waals surface area contributed by atoms with Gasteiger partial charge in [0.1, 0.15) is 47.3 Å². The number of hydrogen-bond donors (Lipinski definition) is 25. The number of nitrogens with zero attached hydrogens (tertiary/aromatic N) is 3. The first kappa shape index (κ1) is 148. The van der Waals surface area contributed by atoms with Crippen molar-refractivity contribution in [2.45, 2.75) is 340 Å². The van der Waals surface area contributed by atoms with E-state index in [9.17, 15) is 47.9 Å². The molecule has 792 valence electrons. The molecule has 0 aromatic carbocycles. The van der Waals surface area contributed by atoms with Crippen molar-refractivity contribution in [2.75, 3.05) is 119 Å². The fraction of sp³-hybridized carbons (Fsp3) is 0.880. The molecule has 1 unspecified atom stereocenters. The van der Waals surface area contributed by atoms with Crippen molar-refractivity contribution in [3.8, 4) is 0 Å². The Morgan fingerprint density at radius 3 is 0.962 bits per heavy atom. The van der Waals surface area contributed by atoms with Crippen LogP contribution in [0, 0.1) is 71.0 Å². The molecular weight excluding hydrogens is 1710 g/mol. The third-order valence-corrected chi connectivity index (χ3v) is 17.0. The van der Waals surface area contributed by atoms with Crippen LogP contribution in [0.4, 0.5) is 0 Å². The highest BCUT2D eigenvalue weighted by atomic mass is 16.5. The van der Waals surface area contributed by atoms with Gasteiger partial charge >= 0.3 is 47.8 Å². The molecule has 0 radical (unpaired) electrons. The van der Waals surface area contributed by atoms with Gasteiger partial charge in [0.25, 0.3) is 0 Å². The highest BCUT2D eigenvalue weighted by Gasteiger charge is 2.33. The van der Waals surface area contributed by atoms with E-state index in [0.29, 0.717) is 122 Å². The number of ether oxygens (including phenoxy) is 2. The van der Waals surface area contributed by atoms with Gasteiger partial charge < -0.3 is 130 Å². The molecule has 0 saturated heterocycles. The van der Waals surface area contributed by atoms with Crippen molar-refractivity contribution in [1.29, 1.82) is 0 Å². The molecule has 0 bridgehead atoms. The standard InChI is InChI=1S/C10H21NO2.2C8H17NO3.4C8H17NO2.C7H16N2O.C7H15NO3.C7H15NO2.C7H17NO.C6H13N5.H2/c1-5-9(13)10(4,7-12)11-6-8(2)3;1-6(2)4-9-8(3,5-10)7(11)12;1-5(2)4-9-7(6(3)10)8(11)12;1-6(2)5-9-8(3,4)7(10)11;2*1-6(2)5-9-7(3)8(10)11-4;1-4-7(8(10)11)9-5-6(2)3;1-5(2)4-9-6(3)7(8)10;1-5(2)3-8-6(4-9)7(10)11;1-5(2)4-8-6(3)7(9)10;1-6(2)4-8-5-7(3)9;1-5(2)3-7-4-6-8-10-11-9-6;/h8,11-12H,5-7H2,1-4H3;6,9-10H,4-5H2,1-3H3,(H,11,12);5-7,9-10H,4H2,1-3H3,(H,11,12);6,9H,5H2,1-4H3,(H,10,11);2*6-7,9H,5H2,1-4H3;6-7,9H,4-5H2,1-3H3,(H,10,11);5-6,9H,4H2,1-3H3,(H2,8,10);5-6,8-9H,3-4H2,1-2H3,(H,10,11);5-6,8H,4H2,1-3H3,(H,9,10);6-9H,4-5H2,1-3H3;5,7H,3-4H2,1-2H3,(H,8,9,10,11);1H/t10-;8-;6?,7-;;3*7-;3*6-;7-;;/m000.1011001../s1. The maximum Gasteiger partial charge on any atom is 0.326 e. The second-order valence-corrected chi connectivity index (χ2v) is 38.3. The number of carboxylic acids is 6. The van der Waals surface area contributed by atoms with Crippen molar-refractivity contribution in [3.05, 3.63) is 5.82 Å². The molecule has 1 heterocycles. The number of carbonyl (C=O) groups excluding carboxylic acids is 4. The van der Waals surface area contributed by atoms with E-state index in [-0.39, 0.29) is 68.5 Å². The zero-order chi connectivity index (χ0) is 106. The van der Waals surface area contributed by atoms with Crippen LogP contribution < -0.4 is 69.5 Å². The number of nitrogens with one attached hydrogen (secondary N) is 13. The number of carbonyl (C=O) groups is 10. The smallest absolute Gasteiger partial charge is 0.326 e. The van der Waals surface area contributed by atoms with Crippen LogP contribution in [0.3, 0.4) is 0 Å². The number of Topliss-reactive ketones (excluding diaryl/α,β-unsaturated/α-hetero) is 1. The zero-order valence-corrected chi connectivity index (χ0v) is 88.8. The number of methoxy groups -OCH3 is 2. The van der Waals surface area contributed by atoms with Crippen LogP contribution in [-0.4, -0.2) is 326 Å². The molecule has 1 aromatic rings. The average molecular weight is 1910 g/mol. The van der Waals surface area contributed by atoms with Crippen molar-refractivity contribution in [1.82, 2.24) is 84.4 Å². The van der Waals surface area contributed by atoms with Crippen LogP contribution in [-0.2, 0) is 64.0 Å². The quantitative estimate of drug-likeness (QED) is 0.0324. The minimum atomic E-state index is -1.20. The predicted molar refractivity (Wildman–Crippen MR) is 528 cm³/mol. The molecule has 0 aliphatic heterocycles. The Balaban J connectivity index is -0.000000120. The number of esters is 2. The van der Waals surface area contributed by atoms with E-state index in [4.69, 9.17) is 61.9 Å². The summed E-state index contributed by atoms with van der Waals surface area (Å²) in [5.74, 6) is 0.796. The summed E-state index contributed by atoms with van der Waals surface area (Å²) in [6, 6.07) is -3.07. The van der Waals surface area contributed by atoms with E-state index in [1.165, 1.54) is 28.1 Å². The van der Waals surface area contributed by atoms with Gasteiger partial charge in [0.2, 0.25) is 5.91 Å². The Morgan fingerprint density at radius 1 is 0.386 bits per heavy atom. The molecule has 0 aliphatic carbocycles. The summed E-state index contributed by atoms with van der Waals surface area (Å²) < 4.78 is 9.09. The maximum atomic E-state index is 11.5. The lowest BCUT2D eigenvalue weighted by molar-refractivity contribution is -0.146. The Bertz CT molecular complexity index is 2850. The lowest BCUT2D eigenvalue weighted by Crippen LogP contribution is -2.53. The normalized spacial score (nSPS) is 13.9. The molecule has 0 spiro atoms. The lowest BCUT2D eigenvalue weighted by atomic mass is 9.95. The number of amides is 1. The Morgan fingerprint density at radius 2 is 0.705 bits per heavy atom. The Kier molecular flexibility index (Phi) is 102. The van der Waals surface area contributed by atoms with Crippen LogP contribution >= 0.6 is 0 Å². The fourth-order valence-corrected chi connectivity index (χ4v) is 8.11. The molecule has 40 heteroatoms. The topological polar surface area (TPSA) is 637 Å². The summed E-state index contributed by atoms with van der Waals surface area (Å²) in [4.78, 5) is 106. The van der Waals surface area contributed by atoms with Gasteiger partial charge in [-0.25, -0.2) is 0 Å². The van der Waals surface area contributed by atoms with Crippen LogP contribution in [0.2, 0.25) is 0 Å². The summed E-state index contributed by atoms with van der Waals surface area (Å²) in [6.45, 7) is 79.8. The van der Waals surface area contributed by atoms with E-state index in [1.54, 1.807) is 55.4 Å². The van der Waals surface area contributed by atoms with Crippen molar-refractivity contribution in [3.63, 3.8) is 0 Å². The average Bonchev–Trinajstić information content (AvgIpc) is 0.949. The number of aliphatic hydroxyl groups is 5. The molecule has 132 heavy (non-hydrogen) atoms. The molecule has 1 amide bonds. The van der Waals surface area contributed by atoms with E-state index in [1.807, 2.05) is 83.1 Å². The molecule has 1 rings (SSSR count). The number of aliphatic carboxylic acids is 6. The van der Waals surface area contributed by atoms with Gasteiger partial charge in [0, 0.05) is 14.4 Å². The monoisotopic (exact) mass is 1910 g/mol. The van der Waals surface area contributed by atoms with Crippen molar-refractivity contribution < 1.29 is 115 Å². The summed E-state index contributed by atoms with van der Waals surface area (Å²) in [5.41, 5.74) is 2.26. The summed E-state index contributed by atoms with van der Waals surface area (Å²) >= 11 is 0.